The Labute approximate surface area is 124 Å². The Balaban J connectivity index is 2.19. The molecule has 0 spiro atoms. The molecule has 1 aromatic carbocycles. The molecule has 0 radical (unpaired) electrons. The predicted molar refractivity (Wildman–Crippen MR) is 77.4 cm³/mol. The van der Waals surface area contributed by atoms with E-state index in [2.05, 4.69) is 15.4 Å². The van der Waals surface area contributed by atoms with Gasteiger partial charge >= 0.3 is 0 Å². The first kappa shape index (κ1) is 12.9. The molecule has 3 aromatic rings. The minimum absolute atomic E-state index is 0.273. The van der Waals surface area contributed by atoms with Gasteiger partial charge in [-0.05, 0) is 23.8 Å². The Morgan fingerprint density at radius 1 is 1.00 bits per heavy atom. The van der Waals surface area contributed by atoms with Crippen LogP contribution in [-0.4, -0.2) is 15.4 Å². The highest BCUT2D eigenvalue weighted by Crippen LogP contribution is 2.38. The van der Waals surface area contributed by atoms with Crippen LogP contribution in [0.25, 0.3) is 22.5 Å². The molecule has 5 nitrogen and oxygen atoms in total. The molecule has 0 atom stereocenters. The van der Waals surface area contributed by atoms with Gasteiger partial charge in [-0.1, -0.05) is 34.4 Å². The fourth-order valence-electron chi connectivity index (χ4n) is 1.86. The van der Waals surface area contributed by atoms with Gasteiger partial charge in [0, 0.05) is 5.56 Å². The van der Waals surface area contributed by atoms with E-state index in [0.29, 0.717) is 21.4 Å². The number of hydrogen-bond donors (Lipinski definition) is 1. The van der Waals surface area contributed by atoms with Crippen molar-refractivity contribution in [2.75, 3.05) is 5.73 Å². The SMILES string of the molecule is Nc1noc(-c2ccnnc2)c1-c1ccc(Cl)c(Cl)c1. The largest absolute Gasteiger partial charge is 0.380 e. The molecule has 2 aromatic heterocycles. The fraction of sp³-hybridized carbons (Fsp3) is 0. The van der Waals surface area contributed by atoms with Gasteiger partial charge in [0.15, 0.2) is 11.6 Å². The van der Waals surface area contributed by atoms with E-state index in [4.69, 9.17) is 33.5 Å². The standard InChI is InChI=1S/C13H8Cl2N4O/c14-9-2-1-7(5-10(9)15)11-12(20-19-13(11)16)8-3-4-17-18-6-8/h1-6H,(H2,16,19). The Kier molecular flexibility index (Phi) is 3.30. The molecule has 0 saturated heterocycles. The van der Waals surface area contributed by atoms with E-state index in [0.717, 1.165) is 11.1 Å². The van der Waals surface area contributed by atoms with Crippen molar-refractivity contribution in [1.29, 1.82) is 0 Å². The van der Waals surface area contributed by atoms with E-state index in [1.54, 1.807) is 36.7 Å². The number of nitrogen functional groups attached to an aromatic ring is 1. The Bertz CT molecular complexity index is 758. The quantitative estimate of drug-likeness (QED) is 0.781. The number of rotatable bonds is 2. The van der Waals surface area contributed by atoms with Crippen LogP contribution in [0.4, 0.5) is 5.82 Å². The van der Waals surface area contributed by atoms with E-state index >= 15 is 0 Å². The van der Waals surface area contributed by atoms with Crippen molar-refractivity contribution in [1.82, 2.24) is 15.4 Å². The number of halogens is 2. The minimum atomic E-state index is 0.273. The van der Waals surface area contributed by atoms with E-state index < -0.39 is 0 Å². The summed E-state index contributed by atoms with van der Waals surface area (Å²) in [5.74, 6) is 0.783. The molecule has 20 heavy (non-hydrogen) atoms. The lowest BCUT2D eigenvalue weighted by Crippen LogP contribution is -1.89. The number of hydrogen-bond acceptors (Lipinski definition) is 5. The molecule has 7 heteroatoms. The average molecular weight is 307 g/mol. The van der Waals surface area contributed by atoms with Gasteiger partial charge in [-0.15, -0.1) is 0 Å². The summed E-state index contributed by atoms with van der Waals surface area (Å²) in [4.78, 5) is 0. The van der Waals surface area contributed by atoms with Gasteiger partial charge in [0.25, 0.3) is 0 Å². The summed E-state index contributed by atoms with van der Waals surface area (Å²) in [6.07, 6.45) is 3.13. The maximum Gasteiger partial charge on any atom is 0.178 e. The molecular formula is C13H8Cl2N4O. The number of aromatic nitrogens is 3. The zero-order valence-electron chi connectivity index (χ0n) is 10.0. The number of nitrogens with two attached hydrogens (primary N) is 1. The van der Waals surface area contributed by atoms with Crippen molar-refractivity contribution in [2.24, 2.45) is 0 Å². The molecule has 0 aliphatic rings. The fourth-order valence-corrected chi connectivity index (χ4v) is 2.15. The summed E-state index contributed by atoms with van der Waals surface area (Å²) < 4.78 is 5.29. The Morgan fingerprint density at radius 2 is 1.85 bits per heavy atom. The maximum absolute atomic E-state index is 6.04. The molecule has 0 saturated carbocycles. The summed E-state index contributed by atoms with van der Waals surface area (Å²) in [6.45, 7) is 0. The van der Waals surface area contributed by atoms with Crippen molar-refractivity contribution in [3.8, 4) is 22.5 Å². The highest BCUT2D eigenvalue weighted by atomic mass is 35.5. The molecule has 0 fully saturated rings. The second kappa shape index (κ2) is 5.11. The zero-order chi connectivity index (χ0) is 14.1. The third kappa shape index (κ3) is 2.21. The van der Waals surface area contributed by atoms with Crippen LogP contribution in [0.3, 0.4) is 0 Å². The van der Waals surface area contributed by atoms with Gasteiger partial charge < -0.3 is 10.3 Å². The third-order valence-electron chi connectivity index (χ3n) is 2.77. The Morgan fingerprint density at radius 3 is 2.55 bits per heavy atom. The van der Waals surface area contributed by atoms with Gasteiger partial charge in [0.1, 0.15) is 0 Å². The summed E-state index contributed by atoms with van der Waals surface area (Å²) in [6, 6.07) is 6.97. The van der Waals surface area contributed by atoms with Crippen LogP contribution >= 0.6 is 23.2 Å². The Hall–Kier alpha value is -2.11. The van der Waals surface area contributed by atoms with Gasteiger partial charge in [0.05, 0.1) is 28.0 Å². The van der Waals surface area contributed by atoms with E-state index in [1.165, 1.54) is 0 Å². The van der Waals surface area contributed by atoms with Crippen LogP contribution in [0.2, 0.25) is 10.0 Å². The topological polar surface area (TPSA) is 77.8 Å². The highest BCUT2D eigenvalue weighted by molar-refractivity contribution is 6.42. The van der Waals surface area contributed by atoms with Crippen LogP contribution < -0.4 is 5.73 Å². The smallest absolute Gasteiger partial charge is 0.178 e. The molecule has 2 heterocycles. The molecule has 2 N–H and O–H groups in total. The van der Waals surface area contributed by atoms with Crippen molar-refractivity contribution in [3.05, 3.63) is 46.7 Å². The van der Waals surface area contributed by atoms with Crippen molar-refractivity contribution in [2.45, 2.75) is 0 Å². The van der Waals surface area contributed by atoms with Gasteiger partial charge in [-0.25, -0.2) is 0 Å². The van der Waals surface area contributed by atoms with Crippen molar-refractivity contribution < 1.29 is 4.52 Å². The molecule has 0 aliphatic heterocycles. The average Bonchev–Trinajstić information content (AvgIpc) is 2.85. The second-order valence-corrected chi connectivity index (χ2v) is 4.85. The van der Waals surface area contributed by atoms with Gasteiger partial charge in [-0.3, -0.25) is 0 Å². The lowest BCUT2D eigenvalue weighted by atomic mass is 10.0. The van der Waals surface area contributed by atoms with E-state index in [9.17, 15) is 0 Å². The van der Waals surface area contributed by atoms with Crippen LogP contribution in [-0.2, 0) is 0 Å². The molecular weight excluding hydrogens is 299 g/mol. The molecule has 3 rings (SSSR count). The summed E-state index contributed by atoms with van der Waals surface area (Å²) in [7, 11) is 0. The number of benzene rings is 1. The van der Waals surface area contributed by atoms with E-state index in [-0.39, 0.29) is 5.82 Å². The number of anilines is 1. The summed E-state index contributed by atoms with van der Waals surface area (Å²) in [5, 5.41) is 12.2. The normalized spacial score (nSPS) is 10.7. The van der Waals surface area contributed by atoms with Gasteiger partial charge in [0.2, 0.25) is 0 Å². The first-order chi connectivity index (χ1) is 9.66. The first-order valence-electron chi connectivity index (χ1n) is 5.64. The third-order valence-corrected chi connectivity index (χ3v) is 3.51. The second-order valence-electron chi connectivity index (χ2n) is 4.03. The lowest BCUT2D eigenvalue weighted by molar-refractivity contribution is 0.436. The monoisotopic (exact) mass is 306 g/mol. The minimum Gasteiger partial charge on any atom is -0.380 e. The molecule has 100 valence electrons. The van der Waals surface area contributed by atoms with Crippen LogP contribution in [0.5, 0.6) is 0 Å². The zero-order valence-corrected chi connectivity index (χ0v) is 11.6. The number of nitrogens with zero attached hydrogens (tertiary/aromatic N) is 3. The van der Waals surface area contributed by atoms with Crippen molar-refractivity contribution >= 4 is 29.0 Å². The lowest BCUT2D eigenvalue weighted by Gasteiger charge is -2.04. The highest BCUT2D eigenvalue weighted by Gasteiger charge is 2.18. The predicted octanol–water partition coefficient (Wildman–Crippen LogP) is 3.69. The summed E-state index contributed by atoms with van der Waals surface area (Å²) in [5.41, 5.74) is 8.03. The van der Waals surface area contributed by atoms with Crippen molar-refractivity contribution in [3.63, 3.8) is 0 Å². The first-order valence-corrected chi connectivity index (χ1v) is 6.40. The van der Waals surface area contributed by atoms with Crippen LogP contribution in [0.1, 0.15) is 0 Å². The van der Waals surface area contributed by atoms with Gasteiger partial charge in [-0.2, -0.15) is 10.2 Å². The molecule has 0 unspecified atom stereocenters. The van der Waals surface area contributed by atoms with E-state index in [1.807, 2.05) is 0 Å². The maximum atomic E-state index is 6.04. The molecule has 0 aliphatic carbocycles. The molecule has 0 amide bonds. The van der Waals surface area contributed by atoms with Crippen LogP contribution in [0.15, 0.2) is 41.2 Å². The summed E-state index contributed by atoms with van der Waals surface area (Å²) >= 11 is 12.0. The van der Waals surface area contributed by atoms with Crippen LogP contribution in [0, 0.1) is 0 Å². The molecule has 0 bridgehead atoms.